The molecule has 0 unspecified atom stereocenters. The Morgan fingerprint density at radius 3 is 1.18 bits per heavy atom. The van der Waals surface area contributed by atoms with Crippen LogP contribution < -0.4 is 37.7 Å². The summed E-state index contributed by atoms with van der Waals surface area (Å²) in [6.07, 6.45) is 0. The van der Waals surface area contributed by atoms with Crippen LogP contribution in [0.4, 0.5) is 17.3 Å². The van der Waals surface area contributed by atoms with Crippen molar-refractivity contribution in [3.05, 3.63) is 125 Å². The van der Waals surface area contributed by atoms with Crippen LogP contribution in [0.25, 0.3) is 21.8 Å². The highest BCUT2D eigenvalue weighted by Gasteiger charge is 2.49. The zero-order valence-electron chi connectivity index (χ0n) is 34.6. The Hall–Kier alpha value is -4.89. The molecule has 0 saturated carbocycles. The van der Waals surface area contributed by atoms with Crippen LogP contribution in [0.2, 0.25) is 0 Å². The highest BCUT2D eigenvalue weighted by molar-refractivity contribution is 7.04. The van der Waals surface area contributed by atoms with Crippen LogP contribution in [-0.4, -0.2) is 23.4 Å². The number of hydrogen-bond donors (Lipinski definition) is 2. The first kappa shape index (κ1) is 35.8. The van der Waals surface area contributed by atoms with Crippen molar-refractivity contribution in [1.82, 2.24) is 9.97 Å². The quantitative estimate of drug-likeness (QED) is 0.165. The fraction of sp³-hybridized carbons (Fsp3) is 0.320. The van der Waals surface area contributed by atoms with Crippen LogP contribution in [0, 0.1) is 0 Å². The summed E-state index contributed by atoms with van der Waals surface area (Å²) in [5, 5.41) is 2.60. The van der Waals surface area contributed by atoms with E-state index in [1.54, 1.807) is 0 Å². The molecule has 5 aromatic carbocycles. The van der Waals surface area contributed by atoms with Gasteiger partial charge in [0.25, 0.3) is 0 Å². The number of benzene rings is 5. The van der Waals surface area contributed by atoms with E-state index < -0.39 is 0 Å². The van der Waals surface area contributed by atoms with Crippen LogP contribution in [0.5, 0.6) is 0 Å². The van der Waals surface area contributed by atoms with Gasteiger partial charge in [-0.3, -0.25) is 4.90 Å². The molecule has 2 N–H and O–H groups in total. The summed E-state index contributed by atoms with van der Waals surface area (Å²) < 4.78 is 0. The lowest BCUT2D eigenvalue weighted by molar-refractivity contribution is 0.591. The van der Waals surface area contributed by atoms with Gasteiger partial charge in [0.1, 0.15) is 11.6 Å². The smallest absolute Gasteiger partial charge is 0.250 e. The average molecular weight is 720 g/mol. The van der Waals surface area contributed by atoms with Crippen molar-refractivity contribution < 1.29 is 0 Å². The van der Waals surface area contributed by atoms with E-state index >= 15 is 0 Å². The molecule has 5 heteroatoms. The molecule has 2 aromatic heterocycles. The van der Waals surface area contributed by atoms with E-state index in [0.717, 1.165) is 0 Å². The summed E-state index contributed by atoms with van der Waals surface area (Å²) in [6.45, 7) is 26.3. The number of H-pyrrole nitrogens is 2. The summed E-state index contributed by atoms with van der Waals surface area (Å²) in [5.74, 6) is 3.87. The third kappa shape index (κ3) is 5.32. The molecule has 55 heavy (non-hydrogen) atoms. The molecular weight excluding hydrogens is 664 g/mol. The van der Waals surface area contributed by atoms with E-state index in [0.29, 0.717) is 23.7 Å². The molecule has 9 rings (SSSR count). The Kier molecular flexibility index (Phi) is 8.35. The van der Waals surface area contributed by atoms with Gasteiger partial charge in [0.15, 0.2) is 0 Å². The van der Waals surface area contributed by atoms with Crippen molar-refractivity contribution in [2.45, 2.75) is 105 Å². The number of aromatic amines is 2. The first-order chi connectivity index (χ1) is 26.3. The number of hydrogen-bond acceptors (Lipinski definition) is 1. The van der Waals surface area contributed by atoms with Crippen LogP contribution >= 0.6 is 0 Å². The number of rotatable bonds is 6. The van der Waals surface area contributed by atoms with E-state index in [-0.39, 0.29) is 18.8 Å². The standard InChI is InChI=1S/C50H55B2N3/c1-28(2)33-20-16-21-34(29(3)4)43(33)51-39-26-32(50(9,10)11)27-40-47(39)55(48-45(51)37-18-12-14-24-41(37)53-48)49-46(38-19-13-15-25-42(38)54-49)52(40)44-35(30(5)6)22-17-23-36(44)31(7)8/h12-31,53-54H,1-11H3. The highest BCUT2D eigenvalue weighted by Crippen LogP contribution is 2.42. The van der Waals surface area contributed by atoms with E-state index in [9.17, 15) is 0 Å². The van der Waals surface area contributed by atoms with Crippen LogP contribution in [0.15, 0.2) is 97.1 Å². The molecule has 0 radical (unpaired) electrons. The molecule has 7 aromatic rings. The van der Waals surface area contributed by atoms with Gasteiger partial charge < -0.3 is 9.97 Å². The molecule has 2 aliphatic heterocycles. The second-order valence-corrected chi connectivity index (χ2v) is 18.6. The van der Waals surface area contributed by atoms with Gasteiger partial charge in [-0.1, -0.05) is 172 Å². The zero-order chi connectivity index (χ0) is 38.7. The molecule has 0 amide bonds. The number of fused-ring (bicyclic) bond motifs is 8. The van der Waals surface area contributed by atoms with E-state index in [1.165, 1.54) is 99.7 Å². The van der Waals surface area contributed by atoms with E-state index in [1.807, 2.05) is 0 Å². The lowest BCUT2D eigenvalue weighted by atomic mass is 9.29. The van der Waals surface area contributed by atoms with Crippen molar-refractivity contribution in [3.8, 4) is 0 Å². The van der Waals surface area contributed by atoms with Crippen LogP contribution in [0.1, 0.15) is 128 Å². The lowest BCUT2D eigenvalue weighted by Gasteiger charge is -2.43. The van der Waals surface area contributed by atoms with Crippen molar-refractivity contribution in [2.24, 2.45) is 0 Å². The SMILES string of the molecule is CC(C)c1cccc(C(C)C)c1B1c2cc(C(C)(C)C)cc3c2N(c2[nH]c4ccccc4c21)c1[nH]c2ccccc2c1B3c1c(C(C)C)cccc1C(C)C. The number of anilines is 3. The van der Waals surface area contributed by atoms with Crippen molar-refractivity contribution in [2.75, 3.05) is 4.90 Å². The number of nitrogens with zero attached hydrogens (tertiary/aromatic N) is 1. The molecule has 276 valence electrons. The first-order valence-electron chi connectivity index (χ1n) is 20.7. The van der Waals surface area contributed by atoms with Gasteiger partial charge in [-0.05, 0) is 102 Å². The molecule has 0 spiro atoms. The Bertz CT molecular complexity index is 2410. The van der Waals surface area contributed by atoms with E-state index in [4.69, 9.17) is 0 Å². The Labute approximate surface area is 329 Å². The van der Waals surface area contributed by atoms with E-state index in [2.05, 4.69) is 188 Å². The first-order valence-corrected chi connectivity index (χ1v) is 20.7. The van der Waals surface area contributed by atoms with Crippen LogP contribution in [0.3, 0.4) is 0 Å². The molecule has 3 nitrogen and oxygen atoms in total. The van der Waals surface area contributed by atoms with Gasteiger partial charge in [0.2, 0.25) is 13.4 Å². The minimum Gasteiger partial charge on any atom is -0.341 e. The zero-order valence-corrected chi connectivity index (χ0v) is 34.6. The summed E-state index contributed by atoms with van der Waals surface area (Å²) in [4.78, 5) is 10.7. The predicted molar refractivity (Wildman–Crippen MR) is 242 cm³/mol. The van der Waals surface area contributed by atoms with Gasteiger partial charge in [-0.2, -0.15) is 0 Å². The molecule has 0 atom stereocenters. The monoisotopic (exact) mass is 719 g/mol. The van der Waals surface area contributed by atoms with Gasteiger partial charge in [-0.15, -0.1) is 0 Å². The number of nitrogens with one attached hydrogen (secondary N) is 2. The van der Waals surface area contributed by atoms with Gasteiger partial charge >= 0.3 is 0 Å². The second kappa shape index (κ2) is 12.8. The largest absolute Gasteiger partial charge is 0.341 e. The lowest BCUT2D eigenvalue weighted by Crippen LogP contribution is -2.66. The molecule has 2 aliphatic rings. The number of aromatic nitrogens is 2. The highest BCUT2D eigenvalue weighted by atomic mass is 15.3. The Morgan fingerprint density at radius 2 is 0.836 bits per heavy atom. The topological polar surface area (TPSA) is 34.8 Å². The molecule has 0 saturated heterocycles. The average Bonchev–Trinajstić information content (AvgIpc) is 3.73. The maximum absolute atomic E-state index is 4.07. The van der Waals surface area contributed by atoms with Crippen LogP contribution in [-0.2, 0) is 5.41 Å². The van der Waals surface area contributed by atoms with Gasteiger partial charge in [-0.25, -0.2) is 0 Å². The van der Waals surface area contributed by atoms with Gasteiger partial charge in [0.05, 0.1) is 0 Å². The second-order valence-electron chi connectivity index (χ2n) is 18.6. The Morgan fingerprint density at radius 1 is 0.473 bits per heavy atom. The third-order valence-corrected chi connectivity index (χ3v) is 12.8. The molecule has 0 bridgehead atoms. The minimum atomic E-state index is -0.0661. The summed E-state index contributed by atoms with van der Waals surface area (Å²) in [5.41, 5.74) is 19.4. The molecule has 0 fully saturated rings. The Balaban J connectivity index is 1.52. The fourth-order valence-corrected chi connectivity index (χ4v) is 10.2. The summed E-state index contributed by atoms with van der Waals surface area (Å²) >= 11 is 0. The normalized spacial score (nSPS) is 13.9. The third-order valence-electron chi connectivity index (χ3n) is 12.8. The van der Waals surface area contributed by atoms with Gasteiger partial charge in [0, 0.05) is 16.7 Å². The molecule has 4 heterocycles. The predicted octanol–water partition coefficient (Wildman–Crippen LogP) is 9.57. The van der Waals surface area contributed by atoms with Crippen molar-refractivity contribution >= 4 is 85.3 Å². The summed E-state index contributed by atoms with van der Waals surface area (Å²) in [7, 11) is 0. The maximum atomic E-state index is 4.07. The fourth-order valence-electron chi connectivity index (χ4n) is 10.2. The number of para-hydroxylation sites is 2. The molecule has 0 aliphatic carbocycles. The van der Waals surface area contributed by atoms with Crippen molar-refractivity contribution in [3.63, 3.8) is 0 Å². The minimum absolute atomic E-state index is 0.0472. The maximum Gasteiger partial charge on any atom is 0.250 e. The summed E-state index contributed by atoms with van der Waals surface area (Å²) in [6, 6.07) is 37.4. The molecular formula is C50H55B2N3. The van der Waals surface area contributed by atoms with Crippen molar-refractivity contribution in [1.29, 1.82) is 0 Å².